The molecule has 2 aromatic rings. The number of carbonyl (C=O) groups is 2. The van der Waals surface area contributed by atoms with E-state index < -0.39 is 5.91 Å². The molecule has 0 aromatic heterocycles. The Morgan fingerprint density at radius 2 is 1.96 bits per heavy atom. The zero-order valence-corrected chi connectivity index (χ0v) is 15.2. The summed E-state index contributed by atoms with van der Waals surface area (Å²) in [6, 6.07) is 11.2. The molecule has 4 N–H and O–H groups in total. The monoisotopic (exact) mass is 370 g/mol. The molecule has 27 heavy (non-hydrogen) atoms. The molecule has 1 aliphatic rings. The highest BCUT2D eigenvalue weighted by Crippen LogP contribution is 2.23. The van der Waals surface area contributed by atoms with Crippen LogP contribution in [0.3, 0.4) is 0 Å². The molecule has 2 aromatic carbocycles. The lowest BCUT2D eigenvalue weighted by Gasteiger charge is -2.19. The Morgan fingerprint density at radius 1 is 1.22 bits per heavy atom. The first kappa shape index (κ1) is 18.7. The van der Waals surface area contributed by atoms with Crippen LogP contribution in [-0.4, -0.2) is 31.6 Å². The van der Waals surface area contributed by atoms with Crippen molar-refractivity contribution in [2.24, 2.45) is 11.7 Å². The third-order valence-electron chi connectivity index (χ3n) is 4.79. The molecule has 1 atom stereocenters. The molecule has 0 bridgehead atoms. The fourth-order valence-corrected chi connectivity index (χ4v) is 3.26. The summed E-state index contributed by atoms with van der Waals surface area (Å²) < 4.78 is 13.0. The molecule has 1 unspecified atom stereocenters. The van der Waals surface area contributed by atoms with Gasteiger partial charge in [-0.05, 0) is 61.2 Å². The highest BCUT2D eigenvalue weighted by atomic mass is 19.1. The van der Waals surface area contributed by atoms with Gasteiger partial charge in [0.25, 0.3) is 0 Å². The third kappa shape index (κ3) is 4.75. The minimum absolute atomic E-state index is 0.247. The molecule has 0 aliphatic carbocycles. The zero-order chi connectivity index (χ0) is 19.4. The van der Waals surface area contributed by atoms with Crippen molar-refractivity contribution in [3.63, 3.8) is 0 Å². The van der Waals surface area contributed by atoms with Gasteiger partial charge in [-0.1, -0.05) is 6.07 Å². The van der Waals surface area contributed by atoms with Gasteiger partial charge in [-0.25, -0.2) is 9.18 Å². The fourth-order valence-electron chi connectivity index (χ4n) is 3.26. The SMILES string of the molecule is Cc1ccc(NC(=O)NCC2CCN(c3ccc(F)cc3)C2)cc1C(N)=O. The quantitative estimate of drug-likeness (QED) is 0.756. The number of halogens is 1. The van der Waals surface area contributed by atoms with Crippen molar-refractivity contribution in [2.45, 2.75) is 13.3 Å². The molecule has 0 radical (unpaired) electrons. The summed E-state index contributed by atoms with van der Waals surface area (Å²) in [7, 11) is 0. The number of benzene rings is 2. The van der Waals surface area contributed by atoms with Crippen LogP contribution in [0.15, 0.2) is 42.5 Å². The Balaban J connectivity index is 1.49. The molecule has 142 valence electrons. The third-order valence-corrected chi connectivity index (χ3v) is 4.79. The number of nitrogens with one attached hydrogen (secondary N) is 2. The lowest BCUT2D eigenvalue weighted by atomic mass is 10.1. The number of nitrogens with two attached hydrogens (primary N) is 1. The maximum atomic E-state index is 13.0. The van der Waals surface area contributed by atoms with Crippen LogP contribution in [0.25, 0.3) is 0 Å². The topological polar surface area (TPSA) is 87.5 Å². The van der Waals surface area contributed by atoms with Crippen molar-refractivity contribution in [3.05, 3.63) is 59.4 Å². The normalized spacial score (nSPS) is 16.2. The second-order valence-electron chi connectivity index (χ2n) is 6.81. The molecule has 1 fully saturated rings. The summed E-state index contributed by atoms with van der Waals surface area (Å²) in [6.45, 7) is 4.01. The minimum Gasteiger partial charge on any atom is -0.371 e. The molecule has 1 heterocycles. The number of aryl methyl sites for hydroxylation is 1. The van der Waals surface area contributed by atoms with Crippen molar-refractivity contribution < 1.29 is 14.0 Å². The van der Waals surface area contributed by atoms with Crippen LogP contribution in [0.1, 0.15) is 22.3 Å². The van der Waals surface area contributed by atoms with Crippen molar-refractivity contribution in [1.29, 1.82) is 0 Å². The summed E-state index contributed by atoms with van der Waals surface area (Å²) in [4.78, 5) is 25.7. The smallest absolute Gasteiger partial charge is 0.319 e. The van der Waals surface area contributed by atoms with E-state index in [1.54, 1.807) is 37.3 Å². The number of rotatable bonds is 5. The number of anilines is 2. The Morgan fingerprint density at radius 3 is 2.67 bits per heavy atom. The molecular weight excluding hydrogens is 347 g/mol. The molecule has 0 saturated carbocycles. The van der Waals surface area contributed by atoms with E-state index in [4.69, 9.17) is 5.73 Å². The first-order chi connectivity index (χ1) is 12.9. The van der Waals surface area contributed by atoms with Crippen molar-refractivity contribution >= 4 is 23.3 Å². The van der Waals surface area contributed by atoms with Crippen molar-refractivity contribution in [3.8, 4) is 0 Å². The first-order valence-electron chi connectivity index (χ1n) is 8.88. The Bertz CT molecular complexity index is 838. The Labute approximate surface area is 157 Å². The highest BCUT2D eigenvalue weighted by molar-refractivity contribution is 5.97. The molecule has 3 amide bonds. The number of amides is 3. The van der Waals surface area contributed by atoms with Crippen LogP contribution in [0.5, 0.6) is 0 Å². The van der Waals surface area contributed by atoms with Gasteiger partial charge in [0, 0.05) is 36.6 Å². The van der Waals surface area contributed by atoms with Gasteiger partial charge in [-0.15, -0.1) is 0 Å². The summed E-state index contributed by atoms with van der Waals surface area (Å²) in [5, 5.41) is 5.59. The number of hydrogen-bond acceptors (Lipinski definition) is 3. The lowest BCUT2D eigenvalue weighted by molar-refractivity contribution is 0.0999. The second-order valence-corrected chi connectivity index (χ2v) is 6.81. The summed E-state index contributed by atoms with van der Waals surface area (Å²) >= 11 is 0. The van der Waals surface area contributed by atoms with Gasteiger partial charge in [0.2, 0.25) is 5.91 Å². The lowest BCUT2D eigenvalue weighted by Crippen LogP contribution is -2.34. The second kappa shape index (κ2) is 8.07. The van der Waals surface area contributed by atoms with Crippen LogP contribution in [-0.2, 0) is 0 Å². The van der Waals surface area contributed by atoms with Gasteiger partial charge in [0.1, 0.15) is 5.82 Å². The number of primary amides is 1. The predicted octanol–water partition coefficient (Wildman–Crippen LogP) is 2.88. The van der Waals surface area contributed by atoms with Crippen molar-refractivity contribution in [2.75, 3.05) is 29.9 Å². The van der Waals surface area contributed by atoms with Gasteiger partial charge in [-0.2, -0.15) is 0 Å². The molecule has 1 aliphatic heterocycles. The molecule has 3 rings (SSSR count). The molecule has 6 nitrogen and oxygen atoms in total. The van der Waals surface area contributed by atoms with Gasteiger partial charge < -0.3 is 21.3 Å². The average molecular weight is 370 g/mol. The molecule has 0 spiro atoms. The Kier molecular flexibility index (Phi) is 5.59. The summed E-state index contributed by atoms with van der Waals surface area (Å²) in [6.07, 6.45) is 0.952. The highest BCUT2D eigenvalue weighted by Gasteiger charge is 2.23. The van der Waals surface area contributed by atoms with Gasteiger partial charge >= 0.3 is 6.03 Å². The zero-order valence-electron chi connectivity index (χ0n) is 15.2. The molecule has 7 heteroatoms. The van der Waals surface area contributed by atoms with Crippen molar-refractivity contribution in [1.82, 2.24) is 5.32 Å². The van der Waals surface area contributed by atoms with E-state index in [1.165, 1.54) is 12.1 Å². The molecular formula is C20H23FN4O2. The summed E-state index contributed by atoms with van der Waals surface area (Å²) in [5.41, 5.74) is 7.99. The standard InChI is InChI=1S/C20H23FN4O2/c1-13-2-5-16(10-18(13)19(22)26)24-20(27)23-11-14-8-9-25(12-14)17-6-3-15(21)4-7-17/h2-7,10,14H,8-9,11-12H2,1H3,(H2,22,26)(H2,23,24,27). The van der Waals surface area contributed by atoms with E-state index in [2.05, 4.69) is 15.5 Å². The van der Waals surface area contributed by atoms with E-state index >= 15 is 0 Å². The van der Waals surface area contributed by atoms with Crippen LogP contribution in [0.2, 0.25) is 0 Å². The van der Waals surface area contributed by atoms with E-state index in [0.29, 0.717) is 23.7 Å². The van der Waals surface area contributed by atoms with E-state index in [0.717, 1.165) is 30.8 Å². The molecule has 1 saturated heterocycles. The number of urea groups is 1. The predicted molar refractivity (Wildman–Crippen MR) is 103 cm³/mol. The van der Waals surface area contributed by atoms with Gasteiger partial charge in [-0.3, -0.25) is 4.79 Å². The van der Waals surface area contributed by atoms with Gasteiger partial charge in [0.05, 0.1) is 0 Å². The largest absolute Gasteiger partial charge is 0.371 e. The van der Waals surface area contributed by atoms with Crippen LogP contribution >= 0.6 is 0 Å². The Hall–Kier alpha value is -3.09. The van der Waals surface area contributed by atoms with Crippen LogP contribution in [0, 0.1) is 18.7 Å². The van der Waals surface area contributed by atoms with Crippen LogP contribution in [0.4, 0.5) is 20.6 Å². The first-order valence-corrected chi connectivity index (χ1v) is 8.88. The average Bonchev–Trinajstić information content (AvgIpc) is 3.11. The number of nitrogens with zero attached hydrogens (tertiary/aromatic N) is 1. The maximum absolute atomic E-state index is 13.0. The van der Waals surface area contributed by atoms with E-state index in [1.807, 2.05) is 0 Å². The summed E-state index contributed by atoms with van der Waals surface area (Å²) in [5.74, 6) is -0.452. The van der Waals surface area contributed by atoms with Gasteiger partial charge in [0.15, 0.2) is 0 Å². The van der Waals surface area contributed by atoms with E-state index in [9.17, 15) is 14.0 Å². The van der Waals surface area contributed by atoms with Crippen LogP contribution < -0.4 is 21.3 Å². The number of carbonyl (C=O) groups excluding carboxylic acids is 2. The number of hydrogen-bond donors (Lipinski definition) is 3. The minimum atomic E-state index is -0.525. The maximum Gasteiger partial charge on any atom is 0.319 e. The van der Waals surface area contributed by atoms with E-state index in [-0.39, 0.29) is 11.8 Å². The fraction of sp³-hybridized carbons (Fsp3) is 0.300.